The fraction of sp³-hybridized carbons (Fsp3) is 1.00. The summed E-state index contributed by atoms with van der Waals surface area (Å²) in [6, 6.07) is 0. The van der Waals surface area contributed by atoms with Crippen molar-refractivity contribution in [1.29, 1.82) is 0 Å². The normalized spacial score (nSPS) is 13.2. The van der Waals surface area contributed by atoms with E-state index >= 15 is 0 Å². The van der Waals surface area contributed by atoms with Crippen LogP contribution in [0.5, 0.6) is 0 Å². The van der Waals surface area contributed by atoms with Crippen LogP contribution >= 0.6 is 0 Å². The van der Waals surface area contributed by atoms with Crippen molar-refractivity contribution in [2.75, 3.05) is 58.9 Å². The molecule has 0 saturated heterocycles. The summed E-state index contributed by atoms with van der Waals surface area (Å²) in [6.07, 6.45) is 5.43. The van der Waals surface area contributed by atoms with Crippen molar-refractivity contribution < 1.29 is 0 Å². The Morgan fingerprint density at radius 3 is 1.59 bits per heavy atom. The molecule has 0 bridgehead atoms. The largest absolute Gasteiger partial charge is 0.352 e. The summed E-state index contributed by atoms with van der Waals surface area (Å²) >= 11 is 0. The Kier molecular flexibility index (Phi) is 18.4. The minimum absolute atomic E-state index is 0.116. The molecular weight excluding hydrogens is 327 g/mol. The summed E-state index contributed by atoms with van der Waals surface area (Å²) in [5.74, 6) is 0.116. The Balaban J connectivity index is 3.64. The molecule has 2 N–H and O–H groups in total. The van der Waals surface area contributed by atoms with Crippen molar-refractivity contribution >= 4 is 47.6 Å². The van der Waals surface area contributed by atoms with Gasteiger partial charge in [-0.2, -0.15) is 0 Å². The maximum Gasteiger partial charge on any atom is 0.182 e. The maximum atomic E-state index is 6.17. The van der Waals surface area contributed by atoms with Crippen molar-refractivity contribution in [2.24, 2.45) is 5.73 Å². The Labute approximate surface area is 176 Å². The summed E-state index contributed by atoms with van der Waals surface area (Å²) < 4.78 is 0. The molecular formula is C16H33B6N5. The van der Waals surface area contributed by atoms with E-state index in [0.29, 0.717) is 32.5 Å². The average molecular weight is 360 g/mol. The molecule has 12 radical (unpaired) electrons. The predicted molar refractivity (Wildman–Crippen MR) is 122 cm³/mol. The Morgan fingerprint density at radius 1 is 0.593 bits per heavy atom. The van der Waals surface area contributed by atoms with Gasteiger partial charge < -0.3 is 25.0 Å². The number of nitrogens with zero attached hydrogens (tertiary/aromatic N) is 4. The van der Waals surface area contributed by atoms with Crippen molar-refractivity contribution in [3.05, 3.63) is 0 Å². The van der Waals surface area contributed by atoms with Crippen LogP contribution in [0.1, 0.15) is 32.1 Å². The van der Waals surface area contributed by atoms with E-state index in [0.717, 1.165) is 64.8 Å². The van der Waals surface area contributed by atoms with Crippen LogP contribution in [0.3, 0.4) is 0 Å². The quantitative estimate of drug-likeness (QED) is 0.236. The van der Waals surface area contributed by atoms with Crippen molar-refractivity contribution in [1.82, 2.24) is 19.2 Å². The van der Waals surface area contributed by atoms with E-state index in [4.69, 9.17) is 53.4 Å². The van der Waals surface area contributed by atoms with Gasteiger partial charge in [0.2, 0.25) is 0 Å². The molecule has 0 aromatic carbocycles. The standard InChI is InChI=1S/C16H33B6N5/c17-6-1-2-8-24(19)12-13-25(20)9-3-4-16(18)5-10-26(21)14-15-27(22)11-7-23/h16H,1-15,23H2. The average Bonchev–Trinajstić information content (AvgIpc) is 2.63. The van der Waals surface area contributed by atoms with E-state index < -0.39 is 0 Å². The van der Waals surface area contributed by atoms with Crippen LogP contribution in [0, 0.1) is 0 Å². The minimum atomic E-state index is 0.116. The zero-order valence-corrected chi connectivity index (χ0v) is 17.0. The topological polar surface area (TPSA) is 39.0 Å². The molecule has 0 rings (SSSR count). The van der Waals surface area contributed by atoms with Gasteiger partial charge in [-0.05, 0) is 71.6 Å². The minimum Gasteiger partial charge on any atom is -0.352 e. The summed E-state index contributed by atoms with van der Waals surface area (Å²) in [4.78, 5) is 7.04. The first-order valence-corrected chi connectivity index (χ1v) is 10.0. The summed E-state index contributed by atoms with van der Waals surface area (Å²) in [6.45, 7) is 6.48. The van der Waals surface area contributed by atoms with E-state index in [1.165, 1.54) is 0 Å². The van der Waals surface area contributed by atoms with Crippen molar-refractivity contribution in [3.63, 3.8) is 0 Å². The van der Waals surface area contributed by atoms with Gasteiger partial charge in [0.25, 0.3) is 0 Å². The molecule has 0 heterocycles. The highest BCUT2D eigenvalue weighted by Gasteiger charge is 2.07. The second kappa shape index (κ2) is 18.2. The predicted octanol–water partition coefficient (Wildman–Crippen LogP) is -1.02. The summed E-state index contributed by atoms with van der Waals surface area (Å²) in [5, 5.41) is 0. The number of rotatable bonds is 19. The molecule has 0 aliphatic carbocycles. The third kappa shape index (κ3) is 18.0. The molecule has 0 aromatic heterocycles. The van der Waals surface area contributed by atoms with Crippen molar-refractivity contribution in [3.8, 4) is 0 Å². The molecule has 0 amide bonds. The van der Waals surface area contributed by atoms with E-state index in [9.17, 15) is 0 Å². The first-order chi connectivity index (χ1) is 12.9. The van der Waals surface area contributed by atoms with Crippen LogP contribution in [-0.2, 0) is 0 Å². The fourth-order valence-electron chi connectivity index (χ4n) is 2.62. The van der Waals surface area contributed by atoms with Gasteiger partial charge in [-0.3, -0.25) is 0 Å². The lowest BCUT2D eigenvalue weighted by molar-refractivity contribution is 0.353. The van der Waals surface area contributed by atoms with Gasteiger partial charge >= 0.3 is 0 Å². The third-order valence-corrected chi connectivity index (χ3v) is 4.47. The van der Waals surface area contributed by atoms with Crippen LogP contribution in [0.25, 0.3) is 0 Å². The van der Waals surface area contributed by atoms with Gasteiger partial charge in [0.1, 0.15) is 0 Å². The first-order valence-electron chi connectivity index (χ1n) is 10.0. The van der Waals surface area contributed by atoms with Gasteiger partial charge in [-0.1, -0.05) is 25.0 Å². The van der Waals surface area contributed by atoms with Crippen LogP contribution in [-0.4, -0.2) is 126 Å². The van der Waals surface area contributed by atoms with Gasteiger partial charge in [-0.15, -0.1) is 0 Å². The van der Waals surface area contributed by atoms with Gasteiger partial charge in [0.05, 0.1) is 15.7 Å². The molecule has 5 nitrogen and oxygen atoms in total. The number of unbranched alkanes of at least 4 members (excludes halogenated alkanes) is 1. The van der Waals surface area contributed by atoms with E-state index in [2.05, 4.69) is 0 Å². The summed E-state index contributed by atoms with van der Waals surface area (Å²) in [5.41, 5.74) is 5.45. The van der Waals surface area contributed by atoms with Crippen molar-refractivity contribution in [2.45, 2.75) is 44.2 Å². The van der Waals surface area contributed by atoms with Crippen LogP contribution in [0.15, 0.2) is 0 Å². The molecule has 1 unspecified atom stereocenters. The molecule has 11 heteroatoms. The molecule has 0 aromatic rings. The third-order valence-electron chi connectivity index (χ3n) is 4.47. The number of nitrogens with two attached hydrogens (primary N) is 1. The Hall–Kier alpha value is 0.190. The van der Waals surface area contributed by atoms with Crippen LogP contribution in [0.4, 0.5) is 0 Å². The monoisotopic (exact) mass is 361 g/mol. The molecule has 1 atom stereocenters. The molecule has 140 valence electrons. The van der Waals surface area contributed by atoms with Gasteiger partial charge in [-0.25, -0.2) is 0 Å². The molecule has 0 aliphatic heterocycles. The molecule has 0 fully saturated rings. The summed E-state index contributed by atoms with van der Waals surface area (Å²) in [7, 11) is 35.3. The fourth-order valence-corrected chi connectivity index (χ4v) is 2.62. The van der Waals surface area contributed by atoms with E-state index in [-0.39, 0.29) is 5.82 Å². The van der Waals surface area contributed by atoms with Crippen LogP contribution < -0.4 is 5.73 Å². The lowest BCUT2D eigenvalue weighted by Gasteiger charge is -2.25. The molecule has 0 saturated carbocycles. The van der Waals surface area contributed by atoms with E-state index in [1.54, 1.807) is 19.2 Å². The highest BCUT2D eigenvalue weighted by Crippen LogP contribution is 2.14. The Bertz CT molecular complexity index is 332. The number of hydrogen-bond acceptors (Lipinski definition) is 5. The van der Waals surface area contributed by atoms with Crippen LogP contribution in [0.2, 0.25) is 12.1 Å². The second-order valence-corrected chi connectivity index (χ2v) is 7.12. The molecule has 0 spiro atoms. The van der Waals surface area contributed by atoms with E-state index in [1.807, 2.05) is 0 Å². The first kappa shape index (κ1) is 27.2. The number of hydrogen-bond donors (Lipinski definition) is 1. The lowest BCUT2D eigenvalue weighted by atomic mass is 9.80. The highest BCUT2D eigenvalue weighted by molar-refractivity contribution is 6.11. The smallest absolute Gasteiger partial charge is 0.182 e. The van der Waals surface area contributed by atoms with Gasteiger partial charge in [0, 0.05) is 6.54 Å². The highest BCUT2D eigenvalue weighted by atomic mass is 15.1. The van der Waals surface area contributed by atoms with Gasteiger partial charge in [0.15, 0.2) is 31.9 Å². The molecule has 27 heavy (non-hydrogen) atoms. The molecule has 0 aliphatic rings. The lowest BCUT2D eigenvalue weighted by Crippen LogP contribution is -2.35. The zero-order chi connectivity index (χ0) is 20.5. The SMILES string of the molecule is [B]CCCCN([B])CCN([B])CCCC([B])CCN([B])CCN([B])CCN. The maximum absolute atomic E-state index is 6.17. The zero-order valence-electron chi connectivity index (χ0n) is 17.0. The second-order valence-electron chi connectivity index (χ2n) is 7.12. The Morgan fingerprint density at radius 2 is 1.07 bits per heavy atom.